The second kappa shape index (κ2) is 10.0. The molecule has 1 rings (SSSR count). The Morgan fingerprint density at radius 3 is 2.59 bits per heavy atom. The normalized spacial score (nSPS) is 22.0. The van der Waals surface area contributed by atoms with E-state index in [9.17, 15) is 0 Å². The molecule has 2 unspecified atom stereocenters. The molecule has 22 heavy (non-hydrogen) atoms. The van der Waals surface area contributed by atoms with Gasteiger partial charge >= 0.3 is 0 Å². The summed E-state index contributed by atoms with van der Waals surface area (Å²) >= 11 is 0. The molecule has 0 aliphatic carbocycles. The average Bonchev–Trinajstić information content (AvgIpc) is 2.48. The maximum Gasteiger partial charge on any atom is 0.158 e. The molecule has 2 atom stereocenters. The lowest BCUT2D eigenvalue weighted by Gasteiger charge is -2.33. The van der Waals surface area contributed by atoms with Crippen LogP contribution < -0.4 is 0 Å². The van der Waals surface area contributed by atoms with Crippen LogP contribution >= 0.6 is 0 Å². The molecular weight excluding hydrogens is 272 g/mol. The second-order valence-electron chi connectivity index (χ2n) is 6.84. The summed E-state index contributed by atoms with van der Waals surface area (Å²) in [7, 11) is 0. The van der Waals surface area contributed by atoms with Gasteiger partial charge in [0, 0.05) is 6.61 Å². The third kappa shape index (κ3) is 7.95. The summed E-state index contributed by atoms with van der Waals surface area (Å²) in [6, 6.07) is 0. The van der Waals surface area contributed by atoms with Crippen molar-refractivity contribution < 1.29 is 9.47 Å². The molecule has 1 heterocycles. The third-order valence-electron chi connectivity index (χ3n) is 4.20. The number of hydrogen-bond acceptors (Lipinski definition) is 2. The molecule has 0 aromatic rings. The lowest BCUT2D eigenvalue weighted by atomic mass is 9.98. The molecule has 1 aliphatic rings. The monoisotopic (exact) mass is 306 g/mol. The van der Waals surface area contributed by atoms with Gasteiger partial charge in [0.2, 0.25) is 0 Å². The van der Waals surface area contributed by atoms with Gasteiger partial charge in [0.05, 0.1) is 5.60 Å². The SMILES string of the molecule is C=CC(C)(CC/C=C(\C)CCC=C(C)C)OC1CCCCO1. The number of ether oxygens (including phenoxy) is 2. The maximum atomic E-state index is 6.14. The number of hydrogen-bond donors (Lipinski definition) is 0. The van der Waals surface area contributed by atoms with Gasteiger partial charge in [0.1, 0.15) is 0 Å². The van der Waals surface area contributed by atoms with Crippen LogP contribution in [0.15, 0.2) is 36.0 Å². The van der Waals surface area contributed by atoms with Gasteiger partial charge in [-0.05, 0) is 72.6 Å². The van der Waals surface area contributed by atoms with E-state index >= 15 is 0 Å². The van der Waals surface area contributed by atoms with E-state index in [2.05, 4.69) is 46.4 Å². The molecule has 0 N–H and O–H groups in total. The Kier molecular flexibility index (Phi) is 8.74. The van der Waals surface area contributed by atoms with E-state index < -0.39 is 0 Å². The zero-order valence-electron chi connectivity index (χ0n) is 15.0. The third-order valence-corrected chi connectivity index (χ3v) is 4.20. The highest BCUT2D eigenvalue weighted by Gasteiger charge is 2.26. The van der Waals surface area contributed by atoms with Crippen LogP contribution in [0.4, 0.5) is 0 Å². The fourth-order valence-electron chi connectivity index (χ4n) is 2.61. The minimum Gasteiger partial charge on any atom is -0.353 e. The second-order valence-corrected chi connectivity index (χ2v) is 6.84. The molecule has 0 radical (unpaired) electrons. The zero-order chi connectivity index (χ0) is 16.4. The molecule has 1 aliphatic heterocycles. The van der Waals surface area contributed by atoms with Crippen LogP contribution in [0.5, 0.6) is 0 Å². The molecule has 1 saturated heterocycles. The zero-order valence-corrected chi connectivity index (χ0v) is 15.0. The van der Waals surface area contributed by atoms with Crippen LogP contribution in [-0.4, -0.2) is 18.5 Å². The van der Waals surface area contributed by atoms with E-state index in [-0.39, 0.29) is 11.9 Å². The molecule has 0 aromatic heterocycles. The first-order valence-corrected chi connectivity index (χ1v) is 8.67. The van der Waals surface area contributed by atoms with Gasteiger partial charge in [-0.1, -0.05) is 29.4 Å². The minimum atomic E-state index is -0.293. The Balaban J connectivity index is 2.37. The lowest BCUT2D eigenvalue weighted by Crippen LogP contribution is -2.34. The van der Waals surface area contributed by atoms with E-state index in [0.717, 1.165) is 45.1 Å². The summed E-state index contributed by atoms with van der Waals surface area (Å²) in [5.41, 5.74) is 2.56. The van der Waals surface area contributed by atoms with Crippen molar-refractivity contribution in [3.05, 3.63) is 36.0 Å². The van der Waals surface area contributed by atoms with E-state index in [4.69, 9.17) is 9.47 Å². The first-order chi connectivity index (χ1) is 10.4. The smallest absolute Gasteiger partial charge is 0.158 e. The summed E-state index contributed by atoms with van der Waals surface area (Å²) in [5, 5.41) is 0. The van der Waals surface area contributed by atoms with Crippen molar-refractivity contribution in [1.82, 2.24) is 0 Å². The molecular formula is C20H34O2. The highest BCUT2D eigenvalue weighted by atomic mass is 16.7. The Bertz CT molecular complexity index is 385. The Labute approximate surface area is 137 Å². The van der Waals surface area contributed by atoms with Gasteiger partial charge in [-0.2, -0.15) is 0 Å². The Morgan fingerprint density at radius 1 is 1.23 bits per heavy atom. The summed E-state index contributed by atoms with van der Waals surface area (Å²) in [6.45, 7) is 13.4. The van der Waals surface area contributed by atoms with Crippen molar-refractivity contribution in [2.24, 2.45) is 0 Å². The molecule has 0 saturated carbocycles. The summed E-state index contributed by atoms with van der Waals surface area (Å²) in [5.74, 6) is 0. The highest BCUT2D eigenvalue weighted by molar-refractivity contribution is 5.04. The minimum absolute atomic E-state index is 0.0560. The standard InChI is InChI=1S/C20H34O2/c1-6-20(5,22-19-14-7-8-16-21-19)15-10-13-18(4)12-9-11-17(2)3/h6,11,13,19H,1,7-10,12,14-16H2,2-5H3/b18-13+. The van der Waals surface area contributed by atoms with Crippen LogP contribution in [0.3, 0.4) is 0 Å². The van der Waals surface area contributed by atoms with Crippen molar-refractivity contribution in [2.75, 3.05) is 6.61 Å². The molecule has 1 fully saturated rings. The van der Waals surface area contributed by atoms with E-state index in [1.807, 2.05) is 6.08 Å². The Morgan fingerprint density at radius 2 is 2.00 bits per heavy atom. The summed E-state index contributed by atoms with van der Waals surface area (Å²) in [6.07, 6.45) is 14.1. The molecule has 0 spiro atoms. The van der Waals surface area contributed by atoms with Crippen molar-refractivity contribution in [3.8, 4) is 0 Å². The van der Waals surface area contributed by atoms with Gasteiger partial charge < -0.3 is 9.47 Å². The molecule has 2 heteroatoms. The quantitative estimate of drug-likeness (QED) is 0.490. The van der Waals surface area contributed by atoms with Crippen LogP contribution in [-0.2, 0) is 9.47 Å². The number of allylic oxidation sites excluding steroid dienone is 4. The van der Waals surface area contributed by atoms with Crippen LogP contribution in [0.2, 0.25) is 0 Å². The molecule has 0 bridgehead atoms. The molecule has 0 aromatic carbocycles. The van der Waals surface area contributed by atoms with Gasteiger partial charge in [-0.3, -0.25) is 0 Å². The van der Waals surface area contributed by atoms with Crippen molar-refractivity contribution in [2.45, 2.75) is 84.5 Å². The fourth-order valence-corrected chi connectivity index (χ4v) is 2.61. The van der Waals surface area contributed by atoms with Crippen molar-refractivity contribution in [3.63, 3.8) is 0 Å². The topological polar surface area (TPSA) is 18.5 Å². The number of rotatable bonds is 9. The van der Waals surface area contributed by atoms with Crippen LogP contribution in [0, 0.1) is 0 Å². The molecule has 2 nitrogen and oxygen atoms in total. The van der Waals surface area contributed by atoms with Crippen LogP contribution in [0.1, 0.15) is 72.6 Å². The van der Waals surface area contributed by atoms with Gasteiger partial charge in [0.25, 0.3) is 0 Å². The fraction of sp³-hybridized carbons (Fsp3) is 0.700. The predicted octanol–water partition coefficient (Wildman–Crippen LogP) is 5.95. The van der Waals surface area contributed by atoms with E-state index in [1.54, 1.807) is 0 Å². The van der Waals surface area contributed by atoms with Crippen molar-refractivity contribution in [1.29, 1.82) is 0 Å². The average molecular weight is 306 g/mol. The van der Waals surface area contributed by atoms with Gasteiger partial charge in [-0.25, -0.2) is 0 Å². The van der Waals surface area contributed by atoms with E-state index in [1.165, 1.54) is 17.6 Å². The Hall–Kier alpha value is -0.860. The summed E-state index contributed by atoms with van der Waals surface area (Å²) < 4.78 is 11.8. The van der Waals surface area contributed by atoms with E-state index in [0.29, 0.717) is 0 Å². The van der Waals surface area contributed by atoms with Gasteiger partial charge in [0.15, 0.2) is 6.29 Å². The highest BCUT2D eigenvalue weighted by Crippen LogP contribution is 2.26. The summed E-state index contributed by atoms with van der Waals surface area (Å²) in [4.78, 5) is 0. The molecule has 0 amide bonds. The first kappa shape index (κ1) is 19.2. The maximum absolute atomic E-state index is 6.14. The van der Waals surface area contributed by atoms with Crippen LogP contribution in [0.25, 0.3) is 0 Å². The largest absolute Gasteiger partial charge is 0.353 e. The van der Waals surface area contributed by atoms with Gasteiger partial charge in [-0.15, -0.1) is 6.58 Å². The predicted molar refractivity (Wildman–Crippen MR) is 94.9 cm³/mol. The lowest BCUT2D eigenvalue weighted by molar-refractivity contribution is -0.207. The first-order valence-electron chi connectivity index (χ1n) is 8.67. The molecule has 126 valence electrons. The van der Waals surface area contributed by atoms with Crippen molar-refractivity contribution >= 4 is 0 Å².